The second-order valence-electron chi connectivity index (χ2n) is 10.6. The molecule has 6 N–H and O–H groups in total. The Hall–Kier alpha value is -3.36. The van der Waals surface area contributed by atoms with Gasteiger partial charge in [0.25, 0.3) is 0 Å². The van der Waals surface area contributed by atoms with Crippen molar-refractivity contribution >= 4 is 22.5 Å². The second kappa shape index (κ2) is 8.83. The van der Waals surface area contributed by atoms with Crippen molar-refractivity contribution in [1.29, 1.82) is 0 Å². The number of aliphatic hydroxyl groups is 5. The molecule has 1 amide bonds. The number of nitrogens with zero attached hydrogens (tertiary/aromatic N) is 1. The molecule has 39 heavy (non-hydrogen) atoms. The number of aliphatic hydroxyl groups excluding tert-OH is 2. The lowest BCUT2D eigenvalue weighted by Gasteiger charge is -2.28. The van der Waals surface area contributed by atoms with Crippen molar-refractivity contribution in [3.63, 3.8) is 0 Å². The molecule has 210 valence electrons. The summed E-state index contributed by atoms with van der Waals surface area (Å²) in [5, 5.41) is 51.1. The van der Waals surface area contributed by atoms with E-state index in [1.165, 1.54) is 28.8 Å². The Balaban J connectivity index is 1.47. The van der Waals surface area contributed by atoms with Crippen LogP contribution in [0.15, 0.2) is 36.4 Å². The van der Waals surface area contributed by atoms with Crippen molar-refractivity contribution in [2.75, 3.05) is 11.9 Å². The van der Waals surface area contributed by atoms with Gasteiger partial charge in [0.05, 0.1) is 29.8 Å². The van der Waals surface area contributed by atoms with Gasteiger partial charge in [-0.2, -0.15) is 0 Å². The zero-order valence-electron chi connectivity index (χ0n) is 20.9. The molecular formula is C26H27F3N2O8. The van der Waals surface area contributed by atoms with Crippen LogP contribution in [0.2, 0.25) is 0 Å². The van der Waals surface area contributed by atoms with Crippen LogP contribution in [0.1, 0.15) is 37.9 Å². The molecular weight excluding hydrogens is 525 g/mol. The van der Waals surface area contributed by atoms with Gasteiger partial charge < -0.3 is 44.9 Å². The highest BCUT2D eigenvalue weighted by Crippen LogP contribution is 2.52. The molecule has 13 heteroatoms. The van der Waals surface area contributed by atoms with Gasteiger partial charge in [-0.05, 0) is 42.7 Å². The van der Waals surface area contributed by atoms with Crippen LogP contribution in [0.5, 0.6) is 11.5 Å². The van der Waals surface area contributed by atoms with Crippen LogP contribution in [-0.2, 0) is 22.2 Å². The molecule has 1 atom stereocenters. The van der Waals surface area contributed by atoms with E-state index in [1.54, 1.807) is 19.9 Å². The zero-order valence-corrected chi connectivity index (χ0v) is 20.9. The van der Waals surface area contributed by atoms with Gasteiger partial charge in [-0.1, -0.05) is 19.9 Å². The predicted octanol–water partition coefficient (Wildman–Crippen LogP) is 2.03. The Labute approximate surface area is 219 Å². The highest BCUT2D eigenvalue weighted by molar-refractivity contribution is 6.02. The summed E-state index contributed by atoms with van der Waals surface area (Å²) in [7, 11) is 0. The first kappa shape index (κ1) is 27.2. The van der Waals surface area contributed by atoms with Crippen LogP contribution >= 0.6 is 0 Å². The van der Waals surface area contributed by atoms with Gasteiger partial charge in [-0.15, -0.1) is 8.78 Å². The average molecular weight is 553 g/mol. The van der Waals surface area contributed by atoms with E-state index in [2.05, 4.69) is 14.8 Å². The van der Waals surface area contributed by atoms with Crippen LogP contribution in [0, 0.1) is 5.82 Å². The first-order valence-corrected chi connectivity index (χ1v) is 12.1. The molecule has 1 saturated carbocycles. The van der Waals surface area contributed by atoms with Gasteiger partial charge in [-0.3, -0.25) is 4.79 Å². The number of rotatable bonds is 8. The van der Waals surface area contributed by atoms with Crippen LogP contribution in [0.4, 0.5) is 18.9 Å². The summed E-state index contributed by atoms with van der Waals surface area (Å²) in [4.78, 5) is 13.3. The predicted molar refractivity (Wildman–Crippen MR) is 130 cm³/mol. The lowest BCUT2D eigenvalue weighted by atomic mass is 9.90. The standard InChI is InChI=1S/C26H27F3N2O8/c1-23(2,12-32)20-8-13-7-16(15(27)10-17(13)31(20)11-21(33)25(35,36)37)30-22(34)24(5-6-24)14-3-4-18-19(9-14)39-26(28,29)38-18/h3-4,7-10,21,32-33,35-37H,5-6,11-12H2,1-2H3,(H,30,34). The van der Waals surface area contributed by atoms with Crippen LogP contribution < -0.4 is 14.8 Å². The number of benzene rings is 2. The van der Waals surface area contributed by atoms with E-state index >= 15 is 4.39 Å². The number of carbonyl (C=O) groups excluding carboxylic acids is 1. The SMILES string of the molecule is CC(C)(CO)c1cc2cc(NC(=O)C3(c4ccc5c(c4)OC(F)(F)O5)CC3)c(F)cc2n1CC(O)C(O)(O)O. The highest BCUT2D eigenvalue weighted by Gasteiger charge is 2.53. The Morgan fingerprint density at radius 3 is 2.38 bits per heavy atom. The Bertz CT molecular complexity index is 1460. The van der Waals surface area contributed by atoms with E-state index in [1.807, 2.05) is 0 Å². The van der Waals surface area contributed by atoms with Crippen molar-refractivity contribution in [2.24, 2.45) is 0 Å². The third kappa shape index (κ3) is 4.80. The first-order chi connectivity index (χ1) is 18.1. The minimum atomic E-state index is -3.80. The fourth-order valence-corrected chi connectivity index (χ4v) is 4.77. The number of ether oxygens (including phenoxy) is 2. The first-order valence-electron chi connectivity index (χ1n) is 12.1. The minimum absolute atomic E-state index is 0.159. The molecule has 0 radical (unpaired) electrons. The maximum atomic E-state index is 15.3. The number of halogens is 3. The van der Waals surface area contributed by atoms with Gasteiger partial charge in [0.2, 0.25) is 5.91 Å². The van der Waals surface area contributed by atoms with E-state index < -0.39 is 47.5 Å². The quantitative estimate of drug-likeness (QED) is 0.232. The number of aromatic nitrogens is 1. The van der Waals surface area contributed by atoms with Crippen molar-refractivity contribution in [3.05, 3.63) is 53.5 Å². The summed E-state index contributed by atoms with van der Waals surface area (Å²) in [6, 6.07) is 8.08. The largest absolute Gasteiger partial charge is 0.586 e. The van der Waals surface area contributed by atoms with Gasteiger partial charge >= 0.3 is 12.3 Å². The minimum Gasteiger partial charge on any atom is -0.395 e. The van der Waals surface area contributed by atoms with Crippen LogP contribution in [-0.4, -0.2) is 61.0 Å². The van der Waals surface area contributed by atoms with Crippen LogP contribution in [0.3, 0.4) is 0 Å². The Morgan fingerprint density at radius 2 is 1.77 bits per heavy atom. The van der Waals surface area contributed by atoms with Crippen molar-refractivity contribution in [1.82, 2.24) is 4.57 Å². The molecule has 10 nitrogen and oxygen atoms in total. The van der Waals surface area contributed by atoms with E-state index in [4.69, 9.17) is 0 Å². The topological polar surface area (TPSA) is 154 Å². The molecule has 5 rings (SSSR count). The summed E-state index contributed by atoms with van der Waals surface area (Å²) in [6.07, 6.45) is -5.08. The van der Waals surface area contributed by atoms with Gasteiger partial charge in [0.1, 0.15) is 5.82 Å². The average Bonchev–Trinajstić information content (AvgIpc) is 3.49. The number of alkyl halides is 2. The number of anilines is 1. The second-order valence-corrected chi connectivity index (χ2v) is 10.6. The molecule has 2 aromatic carbocycles. The highest BCUT2D eigenvalue weighted by atomic mass is 19.3. The molecule has 1 aliphatic carbocycles. The molecule has 1 fully saturated rings. The summed E-state index contributed by atoms with van der Waals surface area (Å²) < 4.78 is 52.4. The lowest BCUT2D eigenvalue weighted by Crippen LogP contribution is -2.45. The molecule has 0 bridgehead atoms. The fraction of sp³-hybridized carbons (Fsp3) is 0.423. The van der Waals surface area contributed by atoms with Crippen molar-refractivity contribution < 1.29 is 53.0 Å². The molecule has 2 aliphatic rings. The Kier molecular flexibility index (Phi) is 6.16. The van der Waals surface area contributed by atoms with E-state index in [9.17, 15) is 39.1 Å². The molecule has 0 spiro atoms. The van der Waals surface area contributed by atoms with Crippen molar-refractivity contribution in [2.45, 2.75) is 62.4 Å². The van der Waals surface area contributed by atoms with E-state index in [0.717, 1.165) is 6.07 Å². The summed E-state index contributed by atoms with van der Waals surface area (Å²) in [5.41, 5.74) is -1.17. The summed E-state index contributed by atoms with van der Waals surface area (Å²) >= 11 is 0. The zero-order chi connectivity index (χ0) is 28.5. The number of carbonyl (C=O) groups is 1. The van der Waals surface area contributed by atoms with E-state index in [0.29, 0.717) is 29.5 Å². The monoisotopic (exact) mass is 552 g/mol. The fourth-order valence-electron chi connectivity index (χ4n) is 4.77. The normalized spacial score (nSPS) is 18.3. The van der Waals surface area contributed by atoms with E-state index in [-0.39, 0.29) is 29.3 Å². The van der Waals surface area contributed by atoms with Crippen LogP contribution in [0.25, 0.3) is 10.9 Å². The van der Waals surface area contributed by atoms with Crippen molar-refractivity contribution in [3.8, 4) is 11.5 Å². The van der Waals surface area contributed by atoms with Gasteiger partial charge in [0, 0.05) is 22.6 Å². The number of nitrogens with one attached hydrogen (secondary N) is 1. The third-order valence-electron chi connectivity index (χ3n) is 7.27. The Morgan fingerprint density at radius 1 is 1.10 bits per heavy atom. The number of hydrogen-bond acceptors (Lipinski definition) is 8. The van der Waals surface area contributed by atoms with Gasteiger partial charge in [-0.25, -0.2) is 4.39 Å². The maximum Gasteiger partial charge on any atom is 0.586 e. The molecule has 1 aromatic heterocycles. The maximum absolute atomic E-state index is 15.3. The lowest BCUT2D eigenvalue weighted by molar-refractivity contribution is -0.356. The molecule has 0 saturated heterocycles. The summed E-state index contributed by atoms with van der Waals surface area (Å²) in [6.45, 7) is 2.44. The third-order valence-corrected chi connectivity index (χ3v) is 7.27. The smallest absolute Gasteiger partial charge is 0.395 e. The molecule has 3 aromatic rings. The number of amides is 1. The summed E-state index contributed by atoms with van der Waals surface area (Å²) in [5.74, 6) is -5.18. The molecule has 1 aliphatic heterocycles. The number of hydrogen-bond donors (Lipinski definition) is 6. The molecule has 1 unspecified atom stereocenters. The number of fused-ring (bicyclic) bond motifs is 2. The molecule has 2 heterocycles. The van der Waals surface area contributed by atoms with Gasteiger partial charge in [0.15, 0.2) is 17.6 Å².